The molecule has 1 atom stereocenters. The summed E-state index contributed by atoms with van der Waals surface area (Å²) in [5.74, 6) is -1.95. The van der Waals surface area contributed by atoms with Crippen molar-refractivity contribution in [3.05, 3.63) is 71.7 Å². The van der Waals surface area contributed by atoms with Gasteiger partial charge in [0.05, 0.1) is 6.42 Å². The number of nitrogens with one attached hydrogen (secondary N) is 4. The van der Waals surface area contributed by atoms with E-state index in [0.717, 1.165) is 16.5 Å². The molecule has 1 unspecified atom stereocenters. The third-order valence-corrected chi connectivity index (χ3v) is 4.86. The van der Waals surface area contributed by atoms with Gasteiger partial charge in [0.25, 0.3) is 5.91 Å². The molecule has 1 aromatic heterocycles. The van der Waals surface area contributed by atoms with Crippen LogP contribution in [-0.2, 0) is 27.2 Å². The van der Waals surface area contributed by atoms with E-state index in [1.165, 1.54) is 24.3 Å². The van der Waals surface area contributed by atoms with Crippen LogP contribution < -0.4 is 16.2 Å². The summed E-state index contributed by atoms with van der Waals surface area (Å²) in [6, 6.07) is 12.3. The molecule has 8 heteroatoms. The molecule has 0 aliphatic heterocycles. The van der Waals surface area contributed by atoms with Crippen molar-refractivity contribution < 1.29 is 18.8 Å². The molecular formula is C23H25FN4O3. The second-order valence-electron chi connectivity index (χ2n) is 7.62. The molecule has 31 heavy (non-hydrogen) atoms. The molecule has 1 heterocycles. The summed E-state index contributed by atoms with van der Waals surface area (Å²) in [4.78, 5) is 40.3. The summed E-state index contributed by atoms with van der Waals surface area (Å²) in [6.45, 7) is 3.47. The van der Waals surface area contributed by atoms with E-state index in [2.05, 4.69) is 21.2 Å². The molecular weight excluding hydrogens is 399 g/mol. The SMILES string of the molecule is CC(C)C(=O)NC(Cc1c[nH]c2ccccc12)C(=O)NNC(=O)Cc1ccc(F)cc1. The van der Waals surface area contributed by atoms with E-state index < -0.39 is 23.7 Å². The van der Waals surface area contributed by atoms with Crippen LogP contribution in [0.2, 0.25) is 0 Å². The summed E-state index contributed by atoms with van der Waals surface area (Å²) in [7, 11) is 0. The molecule has 2 aromatic carbocycles. The highest BCUT2D eigenvalue weighted by atomic mass is 19.1. The molecule has 4 N–H and O–H groups in total. The first-order chi connectivity index (χ1) is 14.8. The second-order valence-corrected chi connectivity index (χ2v) is 7.62. The summed E-state index contributed by atoms with van der Waals surface area (Å²) in [5.41, 5.74) is 7.15. The predicted molar refractivity (Wildman–Crippen MR) is 115 cm³/mol. The van der Waals surface area contributed by atoms with Gasteiger partial charge in [0, 0.05) is 29.4 Å². The average Bonchev–Trinajstić information content (AvgIpc) is 3.16. The third-order valence-electron chi connectivity index (χ3n) is 4.86. The van der Waals surface area contributed by atoms with Gasteiger partial charge >= 0.3 is 0 Å². The molecule has 7 nitrogen and oxygen atoms in total. The lowest BCUT2D eigenvalue weighted by Gasteiger charge is -2.20. The van der Waals surface area contributed by atoms with Crippen molar-refractivity contribution in [2.24, 2.45) is 5.92 Å². The minimum atomic E-state index is -0.875. The molecule has 162 valence electrons. The molecule has 0 spiro atoms. The molecule has 0 bridgehead atoms. The lowest BCUT2D eigenvalue weighted by Crippen LogP contribution is -2.54. The smallest absolute Gasteiger partial charge is 0.261 e. The third kappa shape index (κ3) is 5.91. The van der Waals surface area contributed by atoms with Crippen LogP contribution >= 0.6 is 0 Å². The Kier molecular flexibility index (Phi) is 7.02. The molecule has 3 rings (SSSR count). The Balaban J connectivity index is 1.66. The standard InChI is InChI=1S/C23H25FN4O3/c1-14(2)22(30)26-20(12-16-13-25-19-6-4-3-5-18(16)19)23(31)28-27-21(29)11-15-7-9-17(24)10-8-15/h3-10,13-14,20,25H,11-12H2,1-2H3,(H,26,30)(H,27,29)(H,28,31). The molecule has 0 radical (unpaired) electrons. The number of benzene rings is 2. The number of H-pyrrole nitrogens is 1. The van der Waals surface area contributed by atoms with Crippen molar-refractivity contribution in [3.8, 4) is 0 Å². The number of hydrogen-bond acceptors (Lipinski definition) is 3. The van der Waals surface area contributed by atoms with Crippen molar-refractivity contribution in [2.75, 3.05) is 0 Å². The normalized spacial score (nSPS) is 11.9. The van der Waals surface area contributed by atoms with Crippen LogP contribution in [0.5, 0.6) is 0 Å². The Labute approximate surface area is 179 Å². The van der Waals surface area contributed by atoms with Gasteiger partial charge in [-0.25, -0.2) is 4.39 Å². The highest BCUT2D eigenvalue weighted by Gasteiger charge is 2.24. The van der Waals surface area contributed by atoms with E-state index in [4.69, 9.17) is 0 Å². The average molecular weight is 424 g/mol. The van der Waals surface area contributed by atoms with E-state index in [9.17, 15) is 18.8 Å². The maximum absolute atomic E-state index is 13.0. The van der Waals surface area contributed by atoms with Crippen LogP contribution in [0.3, 0.4) is 0 Å². The Morgan fingerprint density at radius 2 is 1.68 bits per heavy atom. The lowest BCUT2D eigenvalue weighted by molar-refractivity contribution is -0.132. The number of halogens is 1. The zero-order valence-electron chi connectivity index (χ0n) is 17.4. The minimum absolute atomic E-state index is 0.0218. The molecule has 0 aliphatic carbocycles. The van der Waals surface area contributed by atoms with E-state index in [1.807, 2.05) is 24.3 Å². The second kappa shape index (κ2) is 9.88. The van der Waals surface area contributed by atoms with Crippen LogP contribution in [-0.4, -0.2) is 28.7 Å². The Hall–Kier alpha value is -3.68. The van der Waals surface area contributed by atoms with E-state index in [1.54, 1.807) is 20.0 Å². The number of para-hydroxylation sites is 1. The monoisotopic (exact) mass is 424 g/mol. The van der Waals surface area contributed by atoms with Gasteiger partial charge in [0.15, 0.2) is 0 Å². The Morgan fingerprint density at radius 3 is 2.39 bits per heavy atom. The van der Waals surface area contributed by atoms with Gasteiger partial charge in [-0.15, -0.1) is 0 Å². The molecule has 3 aromatic rings. The zero-order valence-corrected chi connectivity index (χ0v) is 17.4. The highest BCUT2D eigenvalue weighted by Crippen LogP contribution is 2.19. The van der Waals surface area contributed by atoms with Crippen LogP contribution in [0.15, 0.2) is 54.7 Å². The number of carbonyl (C=O) groups is 3. The first kappa shape index (κ1) is 22.0. The summed E-state index contributed by atoms with van der Waals surface area (Å²) in [5, 5.41) is 3.70. The highest BCUT2D eigenvalue weighted by molar-refractivity contribution is 5.91. The number of aromatic nitrogens is 1. The number of carbonyl (C=O) groups excluding carboxylic acids is 3. The Morgan fingerprint density at radius 1 is 0.968 bits per heavy atom. The quantitative estimate of drug-likeness (QED) is 0.438. The largest absolute Gasteiger partial charge is 0.361 e. The lowest BCUT2D eigenvalue weighted by atomic mass is 10.0. The number of fused-ring (bicyclic) bond motifs is 1. The zero-order chi connectivity index (χ0) is 22.4. The molecule has 3 amide bonds. The molecule has 0 saturated carbocycles. The number of rotatable bonds is 7. The summed E-state index contributed by atoms with van der Waals surface area (Å²) < 4.78 is 13.0. The van der Waals surface area contributed by atoms with Crippen LogP contribution in [0.1, 0.15) is 25.0 Å². The topological polar surface area (TPSA) is 103 Å². The van der Waals surface area contributed by atoms with Crippen molar-refractivity contribution in [3.63, 3.8) is 0 Å². The fraction of sp³-hybridized carbons (Fsp3) is 0.261. The fourth-order valence-electron chi connectivity index (χ4n) is 3.12. The van der Waals surface area contributed by atoms with Crippen molar-refractivity contribution in [1.29, 1.82) is 0 Å². The van der Waals surface area contributed by atoms with Crippen LogP contribution in [0.25, 0.3) is 10.9 Å². The number of aromatic amines is 1. The minimum Gasteiger partial charge on any atom is -0.361 e. The van der Waals surface area contributed by atoms with Crippen molar-refractivity contribution in [2.45, 2.75) is 32.7 Å². The van der Waals surface area contributed by atoms with Gasteiger partial charge in [-0.3, -0.25) is 25.2 Å². The van der Waals surface area contributed by atoms with E-state index >= 15 is 0 Å². The van der Waals surface area contributed by atoms with Crippen LogP contribution in [0, 0.1) is 11.7 Å². The van der Waals surface area contributed by atoms with Crippen molar-refractivity contribution >= 4 is 28.6 Å². The van der Waals surface area contributed by atoms with Gasteiger partial charge in [-0.1, -0.05) is 44.2 Å². The fourth-order valence-corrected chi connectivity index (χ4v) is 3.12. The Bertz CT molecular complexity index is 1080. The number of hydrazine groups is 1. The summed E-state index contributed by atoms with van der Waals surface area (Å²) in [6.07, 6.45) is 2.04. The molecule has 0 saturated heterocycles. The van der Waals surface area contributed by atoms with Gasteiger partial charge < -0.3 is 10.3 Å². The van der Waals surface area contributed by atoms with E-state index in [0.29, 0.717) is 5.56 Å². The first-order valence-corrected chi connectivity index (χ1v) is 10.0. The van der Waals surface area contributed by atoms with Gasteiger partial charge in [0.2, 0.25) is 11.8 Å². The molecule has 0 aliphatic rings. The number of amides is 3. The predicted octanol–water partition coefficient (Wildman–Crippen LogP) is 2.38. The summed E-state index contributed by atoms with van der Waals surface area (Å²) >= 11 is 0. The van der Waals surface area contributed by atoms with Gasteiger partial charge in [0.1, 0.15) is 11.9 Å². The van der Waals surface area contributed by atoms with Gasteiger partial charge in [-0.05, 0) is 29.3 Å². The first-order valence-electron chi connectivity index (χ1n) is 10.0. The van der Waals surface area contributed by atoms with Crippen LogP contribution in [0.4, 0.5) is 4.39 Å². The van der Waals surface area contributed by atoms with Gasteiger partial charge in [-0.2, -0.15) is 0 Å². The van der Waals surface area contributed by atoms with E-state index in [-0.39, 0.29) is 24.7 Å². The van der Waals surface area contributed by atoms with Crippen molar-refractivity contribution in [1.82, 2.24) is 21.2 Å². The maximum atomic E-state index is 13.0. The number of hydrogen-bond donors (Lipinski definition) is 4. The molecule has 0 fully saturated rings. The maximum Gasteiger partial charge on any atom is 0.261 e.